The molecule has 1 aliphatic rings. The fourth-order valence-electron chi connectivity index (χ4n) is 3.27. The molecule has 0 spiro atoms. The monoisotopic (exact) mass is 397 g/mol. The highest BCUT2D eigenvalue weighted by molar-refractivity contribution is 6.35. The summed E-state index contributed by atoms with van der Waals surface area (Å²) in [6.45, 7) is 2.32. The molecule has 3 aromatic heterocycles. The van der Waals surface area contributed by atoms with Gasteiger partial charge in [0.05, 0.1) is 6.54 Å². The van der Waals surface area contributed by atoms with E-state index in [0.717, 1.165) is 17.1 Å². The molecule has 5 rings (SSSR count). The van der Waals surface area contributed by atoms with Crippen LogP contribution in [0.4, 0.5) is 17.6 Å². The first kappa shape index (κ1) is 18.4. The summed E-state index contributed by atoms with van der Waals surface area (Å²) in [7, 11) is 6.01. The number of rotatable bonds is 7. The molecule has 0 amide bonds. The first-order chi connectivity index (χ1) is 14.6. The van der Waals surface area contributed by atoms with E-state index in [1.807, 2.05) is 49.4 Å². The first-order valence-electron chi connectivity index (χ1n) is 9.86. The number of nitrogens with one attached hydrogen (secondary N) is 3. The van der Waals surface area contributed by atoms with E-state index in [1.165, 1.54) is 18.5 Å². The highest BCUT2D eigenvalue weighted by Crippen LogP contribution is 2.39. The maximum absolute atomic E-state index is 6.01. The maximum Gasteiger partial charge on any atom is 0.225 e. The second-order valence-electron chi connectivity index (χ2n) is 7.45. The molecule has 1 saturated carbocycles. The average Bonchev–Trinajstić information content (AvgIpc) is 3.29. The van der Waals surface area contributed by atoms with Gasteiger partial charge in [-0.15, -0.1) is 0 Å². The fourth-order valence-corrected chi connectivity index (χ4v) is 3.27. The number of anilines is 3. The van der Waals surface area contributed by atoms with Crippen LogP contribution < -0.4 is 16.1 Å². The number of aromatic amines is 1. The van der Waals surface area contributed by atoms with Crippen LogP contribution in [0.2, 0.25) is 0 Å². The molecule has 9 heteroatoms. The van der Waals surface area contributed by atoms with Crippen LogP contribution in [0, 0.1) is 6.92 Å². The van der Waals surface area contributed by atoms with Crippen LogP contribution in [0.1, 0.15) is 35.9 Å². The number of aromatic nitrogens is 5. The zero-order valence-corrected chi connectivity index (χ0v) is 16.5. The standard InChI is InChI=1S/C21H20BN7O/c1-12-8-19(25-20-10-17(27-28-20)13-6-7-13)26-21(24-12)23-11-14-9-18(29-30-14)15-4-2-3-5-16(15)22/h2-5,8-10,13H,6-7,11H2,1H3,(H3,23,24,25,26,27,28). The first-order valence-corrected chi connectivity index (χ1v) is 9.86. The molecule has 30 heavy (non-hydrogen) atoms. The molecule has 1 fully saturated rings. The third-order valence-corrected chi connectivity index (χ3v) is 4.94. The lowest BCUT2D eigenvalue weighted by atomic mass is 9.89. The van der Waals surface area contributed by atoms with Gasteiger partial charge in [0.25, 0.3) is 0 Å². The zero-order chi connectivity index (χ0) is 20.5. The van der Waals surface area contributed by atoms with Crippen molar-refractivity contribution in [1.29, 1.82) is 0 Å². The topological polar surface area (TPSA) is 105 Å². The Balaban J connectivity index is 1.26. The van der Waals surface area contributed by atoms with Gasteiger partial charge in [-0.3, -0.25) is 5.10 Å². The molecule has 8 nitrogen and oxygen atoms in total. The Kier molecular flexibility index (Phi) is 4.70. The summed E-state index contributed by atoms with van der Waals surface area (Å²) in [5, 5.41) is 17.9. The Labute approximate surface area is 174 Å². The number of H-pyrrole nitrogens is 1. The molecule has 2 radical (unpaired) electrons. The summed E-state index contributed by atoms with van der Waals surface area (Å²) < 4.78 is 5.43. The minimum atomic E-state index is 0.400. The SMILES string of the molecule is [B]c1ccccc1-c1cc(CNc2nc(C)cc(Nc3cc(C4CC4)[nH]n3)n2)on1. The summed E-state index contributed by atoms with van der Waals surface area (Å²) in [5.41, 5.74) is 4.20. The van der Waals surface area contributed by atoms with Crippen molar-refractivity contribution in [3.05, 3.63) is 59.6 Å². The Bertz CT molecular complexity index is 1180. The van der Waals surface area contributed by atoms with Gasteiger partial charge in [-0.1, -0.05) is 34.9 Å². The van der Waals surface area contributed by atoms with Crippen molar-refractivity contribution in [2.24, 2.45) is 0 Å². The average molecular weight is 397 g/mol. The lowest BCUT2D eigenvalue weighted by Gasteiger charge is -2.07. The number of benzene rings is 1. The predicted molar refractivity (Wildman–Crippen MR) is 115 cm³/mol. The Morgan fingerprint density at radius 2 is 2.00 bits per heavy atom. The molecule has 1 aliphatic carbocycles. The molecule has 1 aromatic carbocycles. The number of hydrogen-bond donors (Lipinski definition) is 3. The lowest BCUT2D eigenvalue weighted by molar-refractivity contribution is 0.390. The maximum atomic E-state index is 6.01. The quantitative estimate of drug-likeness (QED) is 0.412. The van der Waals surface area contributed by atoms with Crippen molar-refractivity contribution < 1.29 is 4.52 Å². The Hall–Kier alpha value is -3.62. The molecule has 0 saturated heterocycles. The Morgan fingerprint density at radius 1 is 1.13 bits per heavy atom. The lowest BCUT2D eigenvalue weighted by Crippen LogP contribution is -2.06. The smallest absolute Gasteiger partial charge is 0.225 e. The van der Waals surface area contributed by atoms with E-state index in [4.69, 9.17) is 12.4 Å². The van der Waals surface area contributed by atoms with Crippen LogP contribution in [-0.4, -0.2) is 33.2 Å². The third kappa shape index (κ3) is 4.05. The molecule has 0 bridgehead atoms. The van der Waals surface area contributed by atoms with E-state index < -0.39 is 0 Å². The van der Waals surface area contributed by atoms with Crippen molar-refractivity contribution in [3.63, 3.8) is 0 Å². The largest absolute Gasteiger partial charge is 0.359 e. The van der Waals surface area contributed by atoms with Crippen molar-refractivity contribution in [2.75, 3.05) is 10.6 Å². The van der Waals surface area contributed by atoms with Crippen molar-refractivity contribution >= 4 is 30.9 Å². The summed E-state index contributed by atoms with van der Waals surface area (Å²) >= 11 is 0. The van der Waals surface area contributed by atoms with E-state index in [9.17, 15) is 0 Å². The van der Waals surface area contributed by atoms with Crippen molar-refractivity contribution in [1.82, 2.24) is 25.3 Å². The molecule has 4 aromatic rings. The third-order valence-electron chi connectivity index (χ3n) is 4.94. The molecule has 148 valence electrons. The molecular formula is C21H20BN7O. The minimum absolute atomic E-state index is 0.400. The van der Waals surface area contributed by atoms with Crippen molar-refractivity contribution in [2.45, 2.75) is 32.2 Å². The van der Waals surface area contributed by atoms with E-state index in [-0.39, 0.29) is 0 Å². The molecule has 3 N–H and O–H groups in total. The van der Waals surface area contributed by atoms with Crippen LogP contribution in [0.15, 0.2) is 47.0 Å². The molecule has 0 unspecified atom stereocenters. The van der Waals surface area contributed by atoms with E-state index in [1.54, 1.807) is 0 Å². The normalized spacial score (nSPS) is 13.4. The highest BCUT2D eigenvalue weighted by atomic mass is 16.5. The van der Waals surface area contributed by atoms with Gasteiger partial charge in [-0.05, 0) is 25.3 Å². The summed E-state index contributed by atoms with van der Waals surface area (Å²) in [6.07, 6.45) is 2.45. The van der Waals surface area contributed by atoms with Gasteiger partial charge < -0.3 is 15.2 Å². The van der Waals surface area contributed by atoms with Gasteiger partial charge in [0, 0.05) is 35.5 Å². The molecular weight excluding hydrogens is 377 g/mol. The van der Waals surface area contributed by atoms with Crippen LogP contribution in [0.25, 0.3) is 11.3 Å². The van der Waals surface area contributed by atoms with Gasteiger partial charge in [0.2, 0.25) is 5.95 Å². The van der Waals surface area contributed by atoms with E-state index in [2.05, 4.69) is 36.0 Å². The second-order valence-corrected chi connectivity index (χ2v) is 7.45. The van der Waals surface area contributed by atoms with Crippen LogP contribution in [0.3, 0.4) is 0 Å². The predicted octanol–water partition coefficient (Wildman–Crippen LogP) is 3.19. The van der Waals surface area contributed by atoms with Crippen LogP contribution in [-0.2, 0) is 6.54 Å². The zero-order valence-electron chi connectivity index (χ0n) is 16.5. The van der Waals surface area contributed by atoms with E-state index in [0.29, 0.717) is 41.1 Å². The van der Waals surface area contributed by atoms with E-state index >= 15 is 0 Å². The number of hydrogen-bond acceptors (Lipinski definition) is 7. The van der Waals surface area contributed by atoms with Gasteiger partial charge in [0.15, 0.2) is 11.6 Å². The molecule has 0 aliphatic heterocycles. The van der Waals surface area contributed by atoms with Crippen LogP contribution >= 0.6 is 0 Å². The number of nitrogens with zero attached hydrogens (tertiary/aromatic N) is 4. The van der Waals surface area contributed by atoms with Crippen LogP contribution in [0.5, 0.6) is 0 Å². The molecule has 3 heterocycles. The van der Waals surface area contributed by atoms with Gasteiger partial charge >= 0.3 is 0 Å². The number of aryl methyl sites for hydroxylation is 1. The highest BCUT2D eigenvalue weighted by Gasteiger charge is 2.25. The van der Waals surface area contributed by atoms with Gasteiger partial charge in [0.1, 0.15) is 19.4 Å². The Morgan fingerprint density at radius 3 is 2.83 bits per heavy atom. The van der Waals surface area contributed by atoms with Gasteiger partial charge in [-0.2, -0.15) is 10.1 Å². The fraction of sp³-hybridized carbons (Fsp3) is 0.238. The summed E-state index contributed by atoms with van der Waals surface area (Å²) in [4.78, 5) is 8.96. The summed E-state index contributed by atoms with van der Waals surface area (Å²) in [6, 6.07) is 13.3. The summed E-state index contributed by atoms with van der Waals surface area (Å²) in [5.74, 6) is 3.20. The second kappa shape index (κ2) is 7.66. The minimum Gasteiger partial charge on any atom is -0.359 e. The van der Waals surface area contributed by atoms with Crippen molar-refractivity contribution in [3.8, 4) is 11.3 Å². The molecule has 0 atom stereocenters. The van der Waals surface area contributed by atoms with Gasteiger partial charge in [-0.25, -0.2) is 4.98 Å².